The molecule has 0 saturated carbocycles. The number of anilines is 1. The largest absolute Gasteiger partial charge is 0.455 e. The van der Waals surface area contributed by atoms with Crippen LogP contribution in [0, 0.1) is 0 Å². The molecule has 4 aromatic rings. The van der Waals surface area contributed by atoms with Gasteiger partial charge in [0.15, 0.2) is 5.75 Å². The van der Waals surface area contributed by atoms with Gasteiger partial charge >= 0.3 is 0 Å². The third kappa shape index (κ3) is 5.51. The first kappa shape index (κ1) is 22.8. The first-order valence-electron chi connectivity index (χ1n) is 10.2. The number of amides is 1. The highest BCUT2D eigenvalue weighted by atomic mass is 35.5. The maximum atomic E-state index is 12.9. The Kier molecular flexibility index (Phi) is 6.65. The van der Waals surface area contributed by atoms with Gasteiger partial charge in [0.2, 0.25) is 15.9 Å². The van der Waals surface area contributed by atoms with E-state index in [2.05, 4.69) is 10.0 Å². The van der Waals surface area contributed by atoms with Crippen molar-refractivity contribution in [3.63, 3.8) is 0 Å². The molecule has 6 nitrogen and oxygen atoms in total. The van der Waals surface area contributed by atoms with Crippen molar-refractivity contribution in [3.8, 4) is 11.5 Å². The van der Waals surface area contributed by atoms with E-state index in [1.165, 1.54) is 13.0 Å². The average molecular weight is 481 g/mol. The second-order valence-electron chi connectivity index (χ2n) is 7.40. The van der Waals surface area contributed by atoms with Gasteiger partial charge in [-0.1, -0.05) is 60.1 Å². The minimum Gasteiger partial charge on any atom is -0.455 e. The Morgan fingerprint density at radius 3 is 2.33 bits per heavy atom. The van der Waals surface area contributed by atoms with Gasteiger partial charge in [-0.15, -0.1) is 0 Å². The molecule has 33 heavy (non-hydrogen) atoms. The van der Waals surface area contributed by atoms with Crippen LogP contribution in [0.4, 0.5) is 5.69 Å². The molecule has 4 aromatic carbocycles. The van der Waals surface area contributed by atoms with E-state index in [1.54, 1.807) is 42.5 Å². The lowest BCUT2D eigenvalue weighted by atomic mass is 10.1. The molecule has 0 aliphatic heterocycles. The van der Waals surface area contributed by atoms with E-state index in [4.69, 9.17) is 16.3 Å². The van der Waals surface area contributed by atoms with Gasteiger partial charge in [-0.2, -0.15) is 4.72 Å². The minimum atomic E-state index is -3.92. The van der Waals surface area contributed by atoms with Crippen molar-refractivity contribution in [2.45, 2.75) is 17.9 Å². The predicted octanol–water partition coefficient (Wildman–Crippen LogP) is 5.59. The molecule has 0 aliphatic rings. The van der Waals surface area contributed by atoms with E-state index in [0.717, 1.165) is 10.8 Å². The fraction of sp³-hybridized carbons (Fsp3) is 0.0800. The summed E-state index contributed by atoms with van der Waals surface area (Å²) in [7, 11) is -3.92. The summed E-state index contributed by atoms with van der Waals surface area (Å²) >= 11 is 6.10. The maximum Gasteiger partial charge on any atom is 0.242 e. The fourth-order valence-electron chi connectivity index (χ4n) is 3.23. The third-order valence-corrected chi connectivity index (χ3v) is 6.70. The molecule has 0 fully saturated rings. The fourth-order valence-corrected chi connectivity index (χ4v) is 4.64. The van der Waals surface area contributed by atoms with Crippen LogP contribution in [-0.4, -0.2) is 20.4 Å². The van der Waals surface area contributed by atoms with E-state index >= 15 is 0 Å². The Morgan fingerprint density at radius 2 is 1.58 bits per heavy atom. The van der Waals surface area contributed by atoms with Crippen LogP contribution >= 0.6 is 11.6 Å². The molecule has 1 atom stereocenters. The van der Waals surface area contributed by atoms with E-state index < -0.39 is 22.0 Å². The molecule has 4 rings (SSSR count). The molecule has 0 heterocycles. The number of ether oxygens (including phenoxy) is 1. The van der Waals surface area contributed by atoms with E-state index in [9.17, 15) is 13.2 Å². The molecule has 168 valence electrons. The van der Waals surface area contributed by atoms with Crippen molar-refractivity contribution in [1.82, 2.24) is 4.72 Å². The highest BCUT2D eigenvalue weighted by Gasteiger charge is 2.23. The normalized spacial score (nSPS) is 12.3. The van der Waals surface area contributed by atoms with Gasteiger partial charge in [0, 0.05) is 5.02 Å². The number of nitrogens with one attached hydrogen (secondary N) is 2. The zero-order chi connectivity index (χ0) is 23.4. The molecule has 8 heteroatoms. The standard InChI is InChI=1S/C25H21ClN2O4S/c1-17(28-33(30,31)22-13-11-18-7-5-6-8-19(18)15-22)25(29)27-23-16-20(26)12-14-24(23)32-21-9-3-2-4-10-21/h2-17,28H,1H3,(H,27,29)/t17-/m1/s1. The Balaban J connectivity index is 1.51. The summed E-state index contributed by atoms with van der Waals surface area (Å²) in [5, 5.41) is 4.81. The molecule has 0 aliphatic carbocycles. The topological polar surface area (TPSA) is 84.5 Å². The minimum absolute atomic E-state index is 0.0803. The van der Waals surface area contributed by atoms with Gasteiger partial charge in [-0.05, 0) is 60.2 Å². The SMILES string of the molecule is C[C@@H](NS(=O)(=O)c1ccc2ccccc2c1)C(=O)Nc1cc(Cl)ccc1Oc1ccccc1. The molecule has 0 radical (unpaired) electrons. The monoisotopic (exact) mass is 480 g/mol. The van der Waals surface area contributed by atoms with E-state index in [-0.39, 0.29) is 4.90 Å². The number of rotatable bonds is 7. The van der Waals surface area contributed by atoms with Crippen LogP contribution in [0.5, 0.6) is 11.5 Å². The lowest BCUT2D eigenvalue weighted by Gasteiger charge is -2.17. The van der Waals surface area contributed by atoms with Crippen LogP contribution < -0.4 is 14.8 Å². The Morgan fingerprint density at radius 1 is 0.879 bits per heavy atom. The van der Waals surface area contributed by atoms with Gasteiger partial charge in [-0.3, -0.25) is 4.79 Å². The van der Waals surface area contributed by atoms with E-state index in [1.807, 2.05) is 42.5 Å². The van der Waals surface area contributed by atoms with Crippen LogP contribution in [0.1, 0.15) is 6.92 Å². The number of para-hydroxylation sites is 1. The number of hydrogen-bond donors (Lipinski definition) is 2. The van der Waals surface area contributed by atoms with Gasteiger partial charge in [-0.25, -0.2) is 8.42 Å². The van der Waals surface area contributed by atoms with Crippen LogP contribution in [0.15, 0.2) is 95.9 Å². The summed E-state index contributed by atoms with van der Waals surface area (Å²) in [6, 6.07) is 25.1. The Bertz CT molecular complexity index is 1410. The molecular weight excluding hydrogens is 460 g/mol. The predicted molar refractivity (Wildman–Crippen MR) is 130 cm³/mol. The summed E-state index contributed by atoms with van der Waals surface area (Å²) < 4.78 is 34.0. The van der Waals surface area contributed by atoms with Crippen molar-refractivity contribution in [2.24, 2.45) is 0 Å². The number of hydrogen-bond acceptors (Lipinski definition) is 4. The quantitative estimate of drug-likeness (QED) is 0.361. The Labute approximate surface area is 197 Å². The average Bonchev–Trinajstić information content (AvgIpc) is 2.81. The van der Waals surface area contributed by atoms with Crippen LogP contribution in [-0.2, 0) is 14.8 Å². The van der Waals surface area contributed by atoms with Crippen LogP contribution in [0.25, 0.3) is 10.8 Å². The van der Waals surface area contributed by atoms with Crippen molar-refractivity contribution in [2.75, 3.05) is 5.32 Å². The molecule has 0 saturated heterocycles. The number of sulfonamides is 1. The molecule has 0 spiro atoms. The summed E-state index contributed by atoms with van der Waals surface area (Å²) in [6.07, 6.45) is 0. The lowest BCUT2D eigenvalue weighted by Crippen LogP contribution is -2.41. The van der Waals surface area contributed by atoms with Crippen molar-refractivity contribution in [1.29, 1.82) is 0 Å². The summed E-state index contributed by atoms with van der Waals surface area (Å²) in [5.74, 6) is 0.406. The lowest BCUT2D eigenvalue weighted by molar-refractivity contribution is -0.117. The number of halogens is 1. The third-order valence-electron chi connectivity index (χ3n) is 4.93. The second kappa shape index (κ2) is 9.62. The molecule has 0 bridgehead atoms. The van der Waals surface area contributed by atoms with Gasteiger partial charge < -0.3 is 10.1 Å². The summed E-state index contributed by atoms with van der Waals surface area (Å²) in [5.41, 5.74) is 0.327. The number of carbonyl (C=O) groups is 1. The van der Waals surface area contributed by atoms with Crippen LogP contribution in [0.3, 0.4) is 0 Å². The first-order valence-corrected chi connectivity index (χ1v) is 12.0. The molecule has 1 amide bonds. The number of carbonyl (C=O) groups excluding carboxylic acids is 1. The van der Waals surface area contributed by atoms with Crippen molar-refractivity contribution >= 4 is 44.0 Å². The highest BCUT2D eigenvalue weighted by Crippen LogP contribution is 2.32. The van der Waals surface area contributed by atoms with Crippen LogP contribution in [0.2, 0.25) is 5.02 Å². The van der Waals surface area contributed by atoms with Crippen molar-refractivity contribution < 1.29 is 17.9 Å². The molecule has 2 N–H and O–H groups in total. The van der Waals surface area contributed by atoms with Gasteiger partial charge in [0.05, 0.1) is 16.6 Å². The first-order chi connectivity index (χ1) is 15.8. The Hall–Kier alpha value is -3.39. The van der Waals surface area contributed by atoms with Gasteiger partial charge in [0.25, 0.3) is 0 Å². The number of benzene rings is 4. The second-order valence-corrected chi connectivity index (χ2v) is 9.55. The smallest absolute Gasteiger partial charge is 0.242 e. The summed E-state index contributed by atoms with van der Waals surface area (Å²) in [6.45, 7) is 1.47. The number of fused-ring (bicyclic) bond motifs is 1. The van der Waals surface area contributed by atoms with Gasteiger partial charge in [0.1, 0.15) is 5.75 Å². The molecular formula is C25H21ClN2O4S. The molecule has 0 unspecified atom stereocenters. The summed E-state index contributed by atoms with van der Waals surface area (Å²) in [4.78, 5) is 12.9. The maximum absolute atomic E-state index is 12.9. The zero-order valence-electron chi connectivity index (χ0n) is 17.7. The zero-order valence-corrected chi connectivity index (χ0v) is 19.2. The van der Waals surface area contributed by atoms with Crippen molar-refractivity contribution in [3.05, 3.63) is 96.0 Å². The molecule has 0 aromatic heterocycles. The highest BCUT2D eigenvalue weighted by molar-refractivity contribution is 7.89. The van der Waals surface area contributed by atoms with E-state index in [0.29, 0.717) is 22.2 Å².